The summed E-state index contributed by atoms with van der Waals surface area (Å²) in [4.78, 5) is 26.0. The molecule has 0 bridgehead atoms. The maximum Gasteiger partial charge on any atom is 0.351 e. The first kappa shape index (κ1) is 28.9. The van der Waals surface area contributed by atoms with Crippen molar-refractivity contribution >= 4 is 33.2 Å². The summed E-state index contributed by atoms with van der Waals surface area (Å²) in [6.45, 7) is 1.68. The molecule has 12 heteroatoms. The SMILES string of the molecule is CCc1nn(-c2cc(NC(=O)c3ccccc3)ccc2Cl)c(=O)n1Cc1ccc(-c2ccccc2S(N)(=O)=O)cc1F. The molecule has 0 atom stereocenters. The molecule has 0 aliphatic rings. The number of carbonyl (C=O) groups is 1. The molecule has 0 radical (unpaired) electrons. The summed E-state index contributed by atoms with van der Waals surface area (Å²) in [5.41, 5.74) is 1.34. The van der Waals surface area contributed by atoms with E-state index in [0.29, 0.717) is 29.1 Å². The Morgan fingerprint density at radius 3 is 2.40 bits per heavy atom. The summed E-state index contributed by atoms with van der Waals surface area (Å²) >= 11 is 6.43. The number of nitrogens with two attached hydrogens (primary N) is 1. The van der Waals surface area contributed by atoms with Crippen LogP contribution < -0.4 is 16.1 Å². The lowest BCUT2D eigenvalue weighted by Gasteiger charge is -2.11. The van der Waals surface area contributed by atoms with Gasteiger partial charge in [0.15, 0.2) is 0 Å². The topological polar surface area (TPSA) is 129 Å². The molecular weight excluding hydrogens is 581 g/mol. The zero-order chi connectivity index (χ0) is 30.0. The largest absolute Gasteiger partial charge is 0.351 e. The molecule has 0 fully saturated rings. The van der Waals surface area contributed by atoms with Crippen LogP contribution in [0.5, 0.6) is 0 Å². The Labute approximate surface area is 246 Å². The van der Waals surface area contributed by atoms with Crippen LogP contribution in [0.1, 0.15) is 28.7 Å². The van der Waals surface area contributed by atoms with Gasteiger partial charge in [0.05, 0.1) is 22.2 Å². The number of halogens is 2. The molecule has 1 amide bonds. The summed E-state index contributed by atoms with van der Waals surface area (Å²) in [5.74, 6) is -0.582. The van der Waals surface area contributed by atoms with Crippen molar-refractivity contribution in [2.45, 2.75) is 24.8 Å². The Hall–Kier alpha value is -4.58. The molecule has 0 saturated carbocycles. The van der Waals surface area contributed by atoms with Crippen molar-refractivity contribution in [1.82, 2.24) is 14.3 Å². The van der Waals surface area contributed by atoms with Gasteiger partial charge in [-0.2, -0.15) is 4.68 Å². The number of anilines is 1. The quantitative estimate of drug-likeness (QED) is 0.257. The molecule has 214 valence electrons. The molecule has 9 nitrogen and oxygen atoms in total. The molecule has 1 aromatic heterocycles. The van der Waals surface area contributed by atoms with Crippen LogP contribution in [0.2, 0.25) is 5.02 Å². The van der Waals surface area contributed by atoms with Gasteiger partial charge < -0.3 is 5.32 Å². The van der Waals surface area contributed by atoms with E-state index in [2.05, 4.69) is 10.4 Å². The minimum Gasteiger partial charge on any atom is -0.322 e. The number of nitrogens with one attached hydrogen (secondary N) is 1. The van der Waals surface area contributed by atoms with Gasteiger partial charge in [0, 0.05) is 28.8 Å². The Kier molecular flexibility index (Phi) is 8.08. The number of amides is 1. The summed E-state index contributed by atoms with van der Waals surface area (Å²) in [6.07, 6.45) is 0.367. The summed E-state index contributed by atoms with van der Waals surface area (Å²) < 4.78 is 41.8. The number of aromatic nitrogens is 3. The Morgan fingerprint density at radius 1 is 1.00 bits per heavy atom. The van der Waals surface area contributed by atoms with Gasteiger partial charge in [0.1, 0.15) is 11.6 Å². The van der Waals surface area contributed by atoms with E-state index < -0.39 is 21.5 Å². The third-order valence-corrected chi connectivity index (χ3v) is 7.90. The number of sulfonamides is 1. The van der Waals surface area contributed by atoms with Crippen molar-refractivity contribution in [3.05, 3.63) is 129 Å². The molecule has 0 spiro atoms. The number of rotatable bonds is 8. The number of primary sulfonamides is 1. The maximum absolute atomic E-state index is 15.3. The molecule has 42 heavy (non-hydrogen) atoms. The number of aryl methyl sites for hydroxylation is 1. The van der Waals surface area contributed by atoms with Crippen LogP contribution in [0, 0.1) is 5.82 Å². The molecule has 5 rings (SSSR count). The van der Waals surface area contributed by atoms with Crippen LogP contribution in [-0.2, 0) is 23.0 Å². The second-order valence-corrected chi connectivity index (χ2v) is 11.3. The average Bonchev–Trinajstić information content (AvgIpc) is 3.29. The van der Waals surface area contributed by atoms with Gasteiger partial charge in [-0.05, 0) is 48.0 Å². The van der Waals surface area contributed by atoms with Crippen LogP contribution in [0.3, 0.4) is 0 Å². The Morgan fingerprint density at radius 2 is 1.71 bits per heavy atom. The first-order valence-electron chi connectivity index (χ1n) is 12.8. The minimum absolute atomic E-state index is 0.123. The van der Waals surface area contributed by atoms with Crippen LogP contribution in [0.25, 0.3) is 16.8 Å². The number of hydrogen-bond acceptors (Lipinski definition) is 5. The number of hydrogen-bond donors (Lipinski definition) is 2. The Balaban J connectivity index is 1.47. The first-order valence-corrected chi connectivity index (χ1v) is 14.7. The van der Waals surface area contributed by atoms with Gasteiger partial charge in [-0.15, -0.1) is 5.10 Å². The molecule has 1 heterocycles. The highest BCUT2D eigenvalue weighted by molar-refractivity contribution is 7.89. The molecule has 3 N–H and O–H groups in total. The maximum atomic E-state index is 15.3. The van der Waals surface area contributed by atoms with Crippen molar-refractivity contribution in [2.24, 2.45) is 5.14 Å². The lowest BCUT2D eigenvalue weighted by Crippen LogP contribution is -2.25. The fraction of sp³-hybridized carbons (Fsp3) is 0.100. The fourth-order valence-electron chi connectivity index (χ4n) is 4.53. The van der Waals surface area contributed by atoms with Gasteiger partial charge in [-0.25, -0.2) is 22.7 Å². The molecule has 4 aromatic carbocycles. The van der Waals surface area contributed by atoms with Gasteiger partial charge in [-0.1, -0.05) is 67.1 Å². The number of benzene rings is 4. The summed E-state index contributed by atoms with van der Waals surface area (Å²) in [5, 5.41) is 12.8. The predicted molar refractivity (Wildman–Crippen MR) is 159 cm³/mol. The molecular formula is C30H25ClFN5O4S. The molecule has 0 aliphatic heterocycles. The van der Waals surface area contributed by atoms with E-state index in [9.17, 15) is 18.0 Å². The molecule has 5 aromatic rings. The van der Waals surface area contributed by atoms with E-state index >= 15 is 4.39 Å². The third kappa shape index (κ3) is 5.89. The third-order valence-electron chi connectivity index (χ3n) is 6.61. The van der Waals surface area contributed by atoms with Gasteiger partial charge >= 0.3 is 5.69 Å². The molecule has 0 saturated heterocycles. The number of nitrogens with zero attached hydrogens (tertiary/aromatic N) is 3. The second kappa shape index (κ2) is 11.7. The van der Waals surface area contributed by atoms with Crippen molar-refractivity contribution < 1.29 is 17.6 Å². The standard InChI is InChI=1S/C30H25ClFN5O4S/c1-2-28-35-37(26-17-22(14-15-24(26)31)34-29(38)19-8-4-3-5-9-19)30(39)36(28)18-21-13-12-20(16-25(21)32)23-10-6-7-11-27(23)42(33,40)41/h3-17H,2,18H2,1H3,(H,34,38)(H2,33,40,41). The smallest absolute Gasteiger partial charge is 0.322 e. The van der Waals surface area contributed by atoms with Gasteiger partial charge in [0.25, 0.3) is 5.91 Å². The number of carbonyl (C=O) groups excluding carboxylic acids is 1. The van der Waals surface area contributed by atoms with Crippen molar-refractivity contribution in [1.29, 1.82) is 0 Å². The van der Waals surface area contributed by atoms with Crippen molar-refractivity contribution in [3.63, 3.8) is 0 Å². The molecule has 0 aliphatic carbocycles. The van der Waals surface area contributed by atoms with Gasteiger partial charge in [-0.3, -0.25) is 9.36 Å². The van der Waals surface area contributed by atoms with Crippen LogP contribution in [0.4, 0.5) is 10.1 Å². The van der Waals surface area contributed by atoms with Gasteiger partial charge in [0.2, 0.25) is 10.0 Å². The first-order chi connectivity index (χ1) is 20.1. The van der Waals surface area contributed by atoms with E-state index in [0.717, 1.165) is 4.68 Å². The minimum atomic E-state index is -4.03. The predicted octanol–water partition coefficient (Wildman–Crippen LogP) is 5.00. The van der Waals surface area contributed by atoms with Crippen LogP contribution in [0.15, 0.2) is 101 Å². The van der Waals surface area contributed by atoms with E-state index in [1.165, 1.54) is 34.9 Å². The highest BCUT2D eigenvalue weighted by atomic mass is 35.5. The summed E-state index contributed by atoms with van der Waals surface area (Å²) in [7, 11) is -4.03. The van der Waals surface area contributed by atoms with Crippen LogP contribution >= 0.6 is 11.6 Å². The Bertz CT molecular complexity index is 1970. The van der Waals surface area contributed by atoms with E-state index in [1.807, 2.05) is 6.92 Å². The monoisotopic (exact) mass is 605 g/mol. The van der Waals surface area contributed by atoms with Crippen molar-refractivity contribution in [3.8, 4) is 16.8 Å². The lowest BCUT2D eigenvalue weighted by atomic mass is 10.0. The van der Waals surface area contributed by atoms with Crippen molar-refractivity contribution in [2.75, 3.05) is 5.32 Å². The van der Waals surface area contributed by atoms with Crippen LogP contribution in [-0.4, -0.2) is 28.7 Å². The zero-order valence-electron chi connectivity index (χ0n) is 22.3. The average molecular weight is 606 g/mol. The molecule has 0 unspecified atom stereocenters. The van der Waals surface area contributed by atoms with E-state index in [4.69, 9.17) is 16.7 Å². The zero-order valence-corrected chi connectivity index (χ0v) is 23.9. The van der Waals surface area contributed by atoms with E-state index in [-0.39, 0.29) is 39.2 Å². The summed E-state index contributed by atoms with van der Waals surface area (Å²) in [6, 6.07) is 23.7. The van der Waals surface area contributed by atoms with E-state index in [1.54, 1.807) is 60.7 Å². The normalized spacial score (nSPS) is 11.4. The lowest BCUT2D eigenvalue weighted by molar-refractivity contribution is 0.102. The second-order valence-electron chi connectivity index (χ2n) is 9.38. The highest BCUT2D eigenvalue weighted by Crippen LogP contribution is 2.28. The highest BCUT2D eigenvalue weighted by Gasteiger charge is 2.20. The fourth-order valence-corrected chi connectivity index (χ4v) is 5.48.